The number of aromatic nitrogens is 2. The van der Waals surface area contributed by atoms with Crippen LogP contribution < -0.4 is 10.1 Å². The summed E-state index contributed by atoms with van der Waals surface area (Å²) in [6.45, 7) is 11.9. The van der Waals surface area contributed by atoms with E-state index in [0.29, 0.717) is 11.4 Å². The molecule has 1 heterocycles. The van der Waals surface area contributed by atoms with E-state index in [-0.39, 0.29) is 29.8 Å². The minimum Gasteiger partial charge on any atom is -0.497 e. The molecule has 0 atom stereocenters. The third-order valence-corrected chi connectivity index (χ3v) is 5.64. The lowest BCUT2D eigenvalue weighted by Gasteiger charge is -2.27. The monoisotopic (exact) mass is 462 g/mol. The number of anilines is 1. The van der Waals surface area contributed by atoms with Gasteiger partial charge >= 0.3 is 0 Å². The van der Waals surface area contributed by atoms with E-state index in [2.05, 4.69) is 26.1 Å². The van der Waals surface area contributed by atoms with Crippen LogP contribution in [0.2, 0.25) is 0 Å². The van der Waals surface area contributed by atoms with Crippen LogP contribution in [0.1, 0.15) is 56.2 Å². The molecule has 0 spiro atoms. The number of nitrogens with zero attached hydrogens (tertiary/aromatic N) is 3. The molecule has 1 aromatic heterocycles. The van der Waals surface area contributed by atoms with Crippen LogP contribution in [0, 0.1) is 6.92 Å². The quantitative estimate of drug-likeness (QED) is 0.537. The fourth-order valence-electron chi connectivity index (χ4n) is 3.55. The van der Waals surface area contributed by atoms with Crippen molar-refractivity contribution in [1.29, 1.82) is 0 Å². The molecule has 0 aliphatic carbocycles. The van der Waals surface area contributed by atoms with Gasteiger partial charge < -0.3 is 15.0 Å². The van der Waals surface area contributed by atoms with Crippen molar-refractivity contribution in [3.8, 4) is 11.4 Å². The molecular formula is C27H34N4O3. The van der Waals surface area contributed by atoms with Crippen LogP contribution in [0.15, 0.2) is 54.6 Å². The number of nitrogens with one attached hydrogen (secondary N) is 1. The molecule has 7 nitrogen and oxygen atoms in total. The molecule has 0 saturated heterocycles. The van der Waals surface area contributed by atoms with E-state index in [1.807, 2.05) is 69.3 Å². The minimum absolute atomic E-state index is 0.0660. The maximum absolute atomic E-state index is 13.2. The molecule has 0 saturated carbocycles. The first-order valence-corrected chi connectivity index (χ1v) is 11.4. The molecule has 1 N–H and O–H groups in total. The van der Waals surface area contributed by atoms with Crippen LogP contribution in [0.3, 0.4) is 0 Å². The van der Waals surface area contributed by atoms with Crippen molar-refractivity contribution in [3.63, 3.8) is 0 Å². The van der Waals surface area contributed by atoms with Crippen molar-refractivity contribution >= 4 is 17.6 Å². The fourth-order valence-corrected chi connectivity index (χ4v) is 3.55. The molecule has 0 aliphatic rings. The Bertz CT molecular complexity index is 1160. The Hall–Kier alpha value is -3.61. The Labute approximate surface area is 201 Å². The van der Waals surface area contributed by atoms with Gasteiger partial charge in [0.15, 0.2) is 0 Å². The van der Waals surface area contributed by atoms with Crippen molar-refractivity contribution in [2.75, 3.05) is 19.0 Å². The van der Waals surface area contributed by atoms with Crippen molar-refractivity contribution in [3.05, 3.63) is 71.4 Å². The predicted octanol–water partition coefficient (Wildman–Crippen LogP) is 4.98. The van der Waals surface area contributed by atoms with E-state index in [1.54, 1.807) is 22.8 Å². The lowest BCUT2D eigenvalue weighted by Crippen LogP contribution is -2.42. The topological polar surface area (TPSA) is 76.5 Å². The van der Waals surface area contributed by atoms with Crippen LogP contribution in [-0.4, -0.2) is 46.2 Å². The van der Waals surface area contributed by atoms with Crippen LogP contribution in [0.5, 0.6) is 5.75 Å². The zero-order chi connectivity index (χ0) is 25.0. The highest BCUT2D eigenvalue weighted by Crippen LogP contribution is 2.27. The van der Waals surface area contributed by atoms with Gasteiger partial charge in [0.05, 0.1) is 18.5 Å². The van der Waals surface area contributed by atoms with E-state index in [9.17, 15) is 9.59 Å². The molecular weight excluding hydrogens is 428 g/mol. The highest BCUT2D eigenvalue weighted by molar-refractivity contribution is 6.00. The Morgan fingerprint density at radius 3 is 2.29 bits per heavy atom. The highest BCUT2D eigenvalue weighted by Gasteiger charge is 2.25. The van der Waals surface area contributed by atoms with Crippen LogP contribution in [0.25, 0.3) is 5.69 Å². The third-order valence-electron chi connectivity index (χ3n) is 5.64. The molecule has 0 unspecified atom stereocenters. The number of methoxy groups -OCH3 is 1. The Morgan fingerprint density at radius 1 is 1.09 bits per heavy atom. The van der Waals surface area contributed by atoms with E-state index in [4.69, 9.17) is 9.84 Å². The van der Waals surface area contributed by atoms with Gasteiger partial charge in [-0.2, -0.15) is 5.10 Å². The molecule has 3 aromatic rings. The van der Waals surface area contributed by atoms with Gasteiger partial charge in [-0.15, -0.1) is 0 Å². The molecule has 180 valence electrons. The number of hydrogen-bond donors (Lipinski definition) is 1. The lowest BCUT2D eigenvalue weighted by molar-refractivity contribution is -0.117. The summed E-state index contributed by atoms with van der Waals surface area (Å²) in [5.74, 6) is 0.833. The predicted molar refractivity (Wildman–Crippen MR) is 135 cm³/mol. The summed E-state index contributed by atoms with van der Waals surface area (Å²) in [7, 11) is 1.62. The lowest BCUT2D eigenvalue weighted by atomic mass is 9.92. The van der Waals surface area contributed by atoms with Crippen LogP contribution >= 0.6 is 0 Å². The average molecular weight is 463 g/mol. The second-order valence-corrected chi connectivity index (χ2v) is 9.66. The zero-order valence-corrected chi connectivity index (χ0v) is 21.0. The molecule has 2 aromatic carbocycles. The summed E-state index contributed by atoms with van der Waals surface area (Å²) in [5, 5.41) is 7.72. The number of aryl methyl sites for hydroxylation is 1. The van der Waals surface area contributed by atoms with Gasteiger partial charge in [-0.05, 0) is 56.7 Å². The summed E-state index contributed by atoms with van der Waals surface area (Å²) in [5.41, 5.74) is 2.91. The van der Waals surface area contributed by atoms with Gasteiger partial charge in [0.2, 0.25) is 5.91 Å². The van der Waals surface area contributed by atoms with Crippen LogP contribution in [0.4, 0.5) is 5.82 Å². The van der Waals surface area contributed by atoms with E-state index >= 15 is 0 Å². The summed E-state index contributed by atoms with van der Waals surface area (Å²) in [6.07, 6.45) is 0. The van der Waals surface area contributed by atoms with Gasteiger partial charge in [0.1, 0.15) is 18.1 Å². The van der Waals surface area contributed by atoms with Gasteiger partial charge in [-0.25, -0.2) is 4.68 Å². The van der Waals surface area contributed by atoms with Gasteiger partial charge in [-0.1, -0.05) is 39.0 Å². The van der Waals surface area contributed by atoms with Gasteiger partial charge in [0.25, 0.3) is 5.91 Å². The molecule has 34 heavy (non-hydrogen) atoms. The number of benzene rings is 2. The van der Waals surface area contributed by atoms with Gasteiger partial charge in [0, 0.05) is 23.1 Å². The first-order chi connectivity index (χ1) is 16.0. The largest absolute Gasteiger partial charge is 0.497 e. The van der Waals surface area contributed by atoms with Crippen molar-refractivity contribution in [1.82, 2.24) is 14.7 Å². The molecule has 0 radical (unpaired) electrons. The molecule has 0 bridgehead atoms. The maximum Gasteiger partial charge on any atom is 0.254 e. The average Bonchev–Trinajstić information content (AvgIpc) is 3.21. The van der Waals surface area contributed by atoms with Crippen LogP contribution in [-0.2, 0) is 10.2 Å². The second kappa shape index (κ2) is 10.1. The molecule has 2 amide bonds. The summed E-state index contributed by atoms with van der Waals surface area (Å²) >= 11 is 0. The number of rotatable bonds is 7. The molecule has 3 rings (SSSR count). The summed E-state index contributed by atoms with van der Waals surface area (Å²) in [6, 6.07) is 16.6. The molecule has 0 aliphatic heterocycles. The minimum atomic E-state index is -0.286. The molecule has 7 heteroatoms. The first-order valence-electron chi connectivity index (χ1n) is 11.4. The van der Waals surface area contributed by atoms with Gasteiger partial charge in [-0.3, -0.25) is 9.59 Å². The normalized spacial score (nSPS) is 11.4. The summed E-state index contributed by atoms with van der Waals surface area (Å²) in [4.78, 5) is 27.9. The van der Waals surface area contributed by atoms with Crippen molar-refractivity contribution in [2.24, 2.45) is 0 Å². The molecule has 0 fully saturated rings. The third kappa shape index (κ3) is 5.65. The maximum atomic E-state index is 13.2. The number of ether oxygens (including phenoxy) is 1. The Balaban J connectivity index is 1.88. The highest BCUT2D eigenvalue weighted by atomic mass is 16.5. The second-order valence-electron chi connectivity index (χ2n) is 9.66. The van der Waals surface area contributed by atoms with E-state index in [0.717, 1.165) is 22.7 Å². The Morgan fingerprint density at radius 2 is 1.74 bits per heavy atom. The SMILES string of the molecule is COc1ccc(-n2nc(C(C)(C)C)cc2NC(=O)CN(C(=O)c2ccccc2C)C(C)C)cc1. The van der Waals surface area contributed by atoms with E-state index < -0.39 is 0 Å². The Kier molecular flexibility index (Phi) is 7.44. The fraction of sp³-hybridized carbons (Fsp3) is 0.370. The smallest absolute Gasteiger partial charge is 0.254 e. The number of carbonyl (C=O) groups excluding carboxylic acids is 2. The number of amides is 2. The first kappa shape index (κ1) is 25.0. The van der Waals surface area contributed by atoms with Crippen molar-refractivity contribution in [2.45, 2.75) is 53.0 Å². The number of carbonyl (C=O) groups is 2. The van der Waals surface area contributed by atoms with Crippen molar-refractivity contribution < 1.29 is 14.3 Å². The zero-order valence-electron chi connectivity index (χ0n) is 21.0. The number of hydrogen-bond acceptors (Lipinski definition) is 4. The van der Waals surface area contributed by atoms with E-state index in [1.165, 1.54) is 0 Å². The standard InChI is InChI=1S/C27H34N4O3/c1-18(2)30(26(33)22-11-9-8-10-19(22)3)17-25(32)28-24-16-23(27(4,5)6)29-31(24)20-12-14-21(34-7)15-13-20/h8-16,18H,17H2,1-7H3,(H,28,32). The summed E-state index contributed by atoms with van der Waals surface area (Å²) < 4.78 is 6.96.